The standard InChI is InChI=1S/C15H17BrN2O4S/c1-9(14(20)18-15(21)17-11-4-5-11)22-13(19)8-23-12-6-2-10(16)3-7-12/h2-3,6-7,9,11H,4-5,8H2,1H3,(H2,17,18,20,21). The van der Waals surface area contributed by atoms with Crippen molar-refractivity contribution in [3.8, 4) is 0 Å². The normalized spacial score (nSPS) is 14.7. The number of imide groups is 1. The van der Waals surface area contributed by atoms with Crippen molar-refractivity contribution in [1.29, 1.82) is 0 Å². The lowest BCUT2D eigenvalue weighted by Gasteiger charge is -2.13. The summed E-state index contributed by atoms with van der Waals surface area (Å²) < 4.78 is 5.98. The average molecular weight is 401 g/mol. The summed E-state index contributed by atoms with van der Waals surface area (Å²) in [4.78, 5) is 35.8. The van der Waals surface area contributed by atoms with E-state index in [-0.39, 0.29) is 11.8 Å². The minimum atomic E-state index is -1.02. The molecule has 2 rings (SSSR count). The minimum absolute atomic E-state index is 0.0908. The zero-order valence-electron chi connectivity index (χ0n) is 12.5. The first kappa shape index (κ1) is 17.8. The van der Waals surface area contributed by atoms with E-state index in [1.54, 1.807) is 0 Å². The molecule has 2 N–H and O–H groups in total. The highest BCUT2D eigenvalue weighted by molar-refractivity contribution is 9.10. The first-order chi connectivity index (χ1) is 10.9. The molecule has 0 saturated heterocycles. The third kappa shape index (κ3) is 6.62. The number of esters is 1. The van der Waals surface area contributed by atoms with Crippen molar-refractivity contribution in [3.63, 3.8) is 0 Å². The Morgan fingerprint density at radius 3 is 2.57 bits per heavy atom. The quantitative estimate of drug-likeness (QED) is 0.565. The number of carbonyl (C=O) groups excluding carboxylic acids is 3. The van der Waals surface area contributed by atoms with Gasteiger partial charge < -0.3 is 10.1 Å². The summed E-state index contributed by atoms with van der Waals surface area (Å²) in [5, 5.41) is 4.78. The number of nitrogens with one attached hydrogen (secondary N) is 2. The maximum Gasteiger partial charge on any atom is 0.321 e. The molecule has 1 saturated carbocycles. The van der Waals surface area contributed by atoms with Gasteiger partial charge in [-0.05, 0) is 44.0 Å². The zero-order valence-corrected chi connectivity index (χ0v) is 14.9. The summed E-state index contributed by atoms with van der Waals surface area (Å²) in [6, 6.07) is 7.11. The van der Waals surface area contributed by atoms with Gasteiger partial charge in [0.25, 0.3) is 5.91 Å². The third-order valence-electron chi connectivity index (χ3n) is 3.00. The number of hydrogen-bond donors (Lipinski definition) is 2. The summed E-state index contributed by atoms with van der Waals surface area (Å²) >= 11 is 4.65. The van der Waals surface area contributed by atoms with Crippen LogP contribution in [0.1, 0.15) is 19.8 Å². The van der Waals surface area contributed by atoms with Crippen molar-refractivity contribution in [2.75, 3.05) is 5.75 Å². The van der Waals surface area contributed by atoms with Gasteiger partial charge in [-0.15, -0.1) is 11.8 Å². The first-order valence-corrected chi connectivity index (χ1v) is 8.91. The second-order valence-corrected chi connectivity index (χ2v) is 7.08. The Hall–Kier alpha value is -1.54. The molecule has 1 unspecified atom stereocenters. The van der Waals surface area contributed by atoms with Gasteiger partial charge in [-0.3, -0.25) is 14.9 Å². The highest BCUT2D eigenvalue weighted by atomic mass is 79.9. The van der Waals surface area contributed by atoms with Gasteiger partial charge in [-0.25, -0.2) is 4.79 Å². The fourth-order valence-electron chi connectivity index (χ4n) is 1.62. The van der Waals surface area contributed by atoms with E-state index in [0.717, 1.165) is 22.2 Å². The molecule has 23 heavy (non-hydrogen) atoms. The summed E-state index contributed by atoms with van der Waals surface area (Å²) in [5.41, 5.74) is 0. The fourth-order valence-corrected chi connectivity index (χ4v) is 2.57. The Morgan fingerprint density at radius 2 is 1.96 bits per heavy atom. The van der Waals surface area contributed by atoms with Crippen molar-refractivity contribution in [2.45, 2.75) is 36.8 Å². The van der Waals surface area contributed by atoms with E-state index in [4.69, 9.17) is 4.74 Å². The van der Waals surface area contributed by atoms with Crippen LogP contribution in [-0.4, -0.2) is 35.8 Å². The number of ether oxygens (including phenoxy) is 1. The molecule has 0 radical (unpaired) electrons. The number of halogens is 1. The SMILES string of the molecule is CC(OC(=O)CSc1ccc(Br)cc1)C(=O)NC(=O)NC1CC1. The van der Waals surface area contributed by atoms with Crippen LogP contribution in [0.25, 0.3) is 0 Å². The Kier molecular flexibility index (Phi) is 6.47. The smallest absolute Gasteiger partial charge is 0.321 e. The molecule has 1 aromatic rings. The molecule has 6 nitrogen and oxygen atoms in total. The van der Waals surface area contributed by atoms with Crippen molar-refractivity contribution in [1.82, 2.24) is 10.6 Å². The molecule has 3 amide bonds. The van der Waals surface area contributed by atoms with Crippen LogP contribution in [0.15, 0.2) is 33.6 Å². The molecule has 1 aromatic carbocycles. The number of benzene rings is 1. The van der Waals surface area contributed by atoms with Gasteiger partial charge >= 0.3 is 12.0 Å². The lowest BCUT2D eigenvalue weighted by atomic mass is 10.4. The molecule has 1 fully saturated rings. The number of carbonyl (C=O) groups is 3. The molecular weight excluding hydrogens is 384 g/mol. The Morgan fingerprint density at radius 1 is 1.30 bits per heavy atom. The van der Waals surface area contributed by atoms with E-state index in [1.165, 1.54) is 18.7 Å². The van der Waals surface area contributed by atoms with Crippen LogP contribution in [0.4, 0.5) is 4.79 Å². The maximum absolute atomic E-state index is 11.7. The van der Waals surface area contributed by atoms with E-state index < -0.39 is 24.0 Å². The van der Waals surface area contributed by atoms with E-state index in [0.29, 0.717) is 0 Å². The van der Waals surface area contributed by atoms with Gasteiger partial charge in [0.2, 0.25) is 0 Å². The zero-order chi connectivity index (χ0) is 16.8. The fraction of sp³-hybridized carbons (Fsp3) is 0.400. The summed E-state index contributed by atoms with van der Waals surface area (Å²) in [6.45, 7) is 1.43. The number of hydrogen-bond acceptors (Lipinski definition) is 5. The van der Waals surface area contributed by atoms with Crippen molar-refractivity contribution < 1.29 is 19.1 Å². The lowest BCUT2D eigenvalue weighted by molar-refractivity contribution is -0.151. The molecule has 0 spiro atoms. The molecule has 1 aliphatic rings. The summed E-state index contributed by atoms with van der Waals surface area (Å²) in [5.74, 6) is -1.05. The van der Waals surface area contributed by atoms with Crippen LogP contribution in [0.2, 0.25) is 0 Å². The van der Waals surface area contributed by atoms with Gasteiger partial charge in [-0.2, -0.15) is 0 Å². The number of rotatable bonds is 6. The van der Waals surface area contributed by atoms with Gasteiger partial charge in [0, 0.05) is 15.4 Å². The van der Waals surface area contributed by atoms with Crippen LogP contribution >= 0.6 is 27.7 Å². The topological polar surface area (TPSA) is 84.5 Å². The van der Waals surface area contributed by atoms with Crippen LogP contribution in [0, 0.1) is 0 Å². The Bertz CT molecular complexity index is 590. The molecule has 1 aliphatic carbocycles. The molecule has 0 bridgehead atoms. The molecular formula is C15H17BrN2O4S. The van der Waals surface area contributed by atoms with E-state index in [9.17, 15) is 14.4 Å². The molecule has 124 valence electrons. The molecule has 8 heteroatoms. The Labute approximate surface area is 146 Å². The minimum Gasteiger partial charge on any atom is -0.452 e. The highest BCUT2D eigenvalue weighted by Gasteiger charge is 2.25. The van der Waals surface area contributed by atoms with Gasteiger partial charge in [-0.1, -0.05) is 15.9 Å². The predicted molar refractivity (Wildman–Crippen MR) is 90.1 cm³/mol. The maximum atomic E-state index is 11.7. The van der Waals surface area contributed by atoms with Crippen molar-refractivity contribution >= 4 is 45.6 Å². The van der Waals surface area contributed by atoms with Crippen molar-refractivity contribution in [3.05, 3.63) is 28.7 Å². The van der Waals surface area contributed by atoms with E-state index >= 15 is 0 Å². The average Bonchev–Trinajstić information content (AvgIpc) is 3.30. The Balaban J connectivity index is 1.69. The van der Waals surface area contributed by atoms with Crippen LogP contribution in [0.5, 0.6) is 0 Å². The molecule has 1 atom stereocenters. The second-order valence-electron chi connectivity index (χ2n) is 5.11. The number of thioether (sulfide) groups is 1. The first-order valence-electron chi connectivity index (χ1n) is 7.13. The van der Waals surface area contributed by atoms with Crippen LogP contribution in [0.3, 0.4) is 0 Å². The molecule has 0 heterocycles. The van der Waals surface area contributed by atoms with Gasteiger partial charge in [0.1, 0.15) is 0 Å². The lowest BCUT2D eigenvalue weighted by Crippen LogP contribution is -2.45. The summed E-state index contributed by atoms with van der Waals surface area (Å²) in [7, 11) is 0. The molecule has 0 aliphatic heterocycles. The number of urea groups is 1. The monoisotopic (exact) mass is 400 g/mol. The van der Waals surface area contributed by atoms with Gasteiger partial charge in [0.05, 0.1) is 5.75 Å². The predicted octanol–water partition coefficient (Wildman–Crippen LogP) is 2.46. The molecule has 0 aromatic heterocycles. The third-order valence-corrected chi connectivity index (χ3v) is 4.51. The summed E-state index contributed by atoms with van der Waals surface area (Å²) in [6.07, 6.45) is 0.844. The second kappa shape index (κ2) is 8.35. The largest absolute Gasteiger partial charge is 0.452 e. The highest BCUT2D eigenvalue weighted by Crippen LogP contribution is 2.21. The van der Waals surface area contributed by atoms with Crippen LogP contribution in [-0.2, 0) is 14.3 Å². The van der Waals surface area contributed by atoms with Crippen molar-refractivity contribution in [2.24, 2.45) is 0 Å². The van der Waals surface area contributed by atoms with E-state index in [1.807, 2.05) is 24.3 Å². The van der Waals surface area contributed by atoms with Crippen LogP contribution < -0.4 is 10.6 Å². The van der Waals surface area contributed by atoms with E-state index in [2.05, 4.69) is 26.6 Å². The van der Waals surface area contributed by atoms with Gasteiger partial charge in [0.15, 0.2) is 6.10 Å². The number of amides is 3.